The molecule has 0 aliphatic heterocycles. The molecule has 2 aromatic rings. The number of benzene rings is 1. The molecule has 88 valence electrons. The quantitative estimate of drug-likeness (QED) is 0.755. The lowest BCUT2D eigenvalue weighted by Crippen LogP contribution is -1.95. The first kappa shape index (κ1) is 11.3. The summed E-state index contributed by atoms with van der Waals surface area (Å²) in [7, 11) is 1.64. The molecule has 1 aromatic heterocycles. The highest BCUT2D eigenvalue weighted by molar-refractivity contribution is 5.79. The molecular formula is C12H14N4O. The van der Waals surface area contributed by atoms with Crippen LogP contribution in [0.25, 0.3) is 0 Å². The van der Waals surface area contributed by atoms with Gasteiger partial charge in [-0.25, -0.2) is 0 Å². The maximum absolute atomic E-state index is 5.08. The summed E-state index contributed by atoms with van der Waals surface area (Å²) >= 11 is 0. The molecule has 0 spiro atoms. The van der Waals surface area contributed by atoms with Crippen LogP contribution in [0, 0.1) is 13.8 Å². The lowest BCUT2D eigenvalue weighted by atomic mass is 10.2. The summed E-state index contributed by atoms with van der Waals surface area (Å²) in [5.74, 6) is 0.829. The average Bonchev–Trinajstić information content (AvgIpc) is 2.68. The molecule has 1 aromatic carbocycles. The molecule has 5 nitrogen and oxygen atoms in total. The molecule has 17 heavy (non-hydrogen) atoms. The molecule has 0 saturated heterocycles. The third-order valence-corrected chi connectivity index (χ3v) is 2.54. The van der Waals surface area contributed by atoms with Crippen molar-refractivity contribution in [3.63, 3.8) is 0 Å². The highest BCUT2D eigenvalue weighted by atomic mass is 16.5. The van der Waals surface area contributed by atoms with Crippen LogP contribution in [-0.4, -0.2) is 28.4 Å². The molecule has 0 N–H and O–H groups in total. The van der Waals surface area contributed by atoms with E-state index in [0.717, 1.165) is 22.7 Å². The average molecular weight is 230 g/mol. The second-order valence-electron chi connectivity index (χ2n) is 3.67. The summed E-state index contributed by atoms with van der Waals surface area (Å²) in [6, 6.07) is 7.64. The van der Waals surface area contributed by atoms with Gasteiger partial charge in [-0.15, -0.1) is 9.89 Å². The fourth-order valence-corrected chi connectivity index (χ4v) is 1.31. The van der Waals surface area contributed by atoms with Crippen LogP contribution in [0.3, 0.4) is 0 Å². The Morgan fingerprint density at radius 1 is 1.24 bits per heavy atom. The van der Waals surface area contributed by atoms with E-state index in [9.17, 15) is 0 Å². The van der Waals surface area contributed by atoms with Gasteiger partial charge in [-0.05, 0) is 48.9 Å². The SMILES string of the molecule is COc1ccc(/C=N/n2nnc(C)c2C)cc1. The minimum atomic E-state index is 0.829. The molecule has 0 aliphatic rings. The molecule has 0 bridgehead atoms. The Balaban J connectivity index is 2.17. The van der Waals surface area contributed by atoms with E-state index >= 15 is 0 Å². The van der Waals surface area contributed by atoms with E-state index in [1.807, 2.05) is 38.1 Å². The lowest BCUT2D eigenvalue weighted by Gasteiger charge is -1.99. The number of aryl methyl sites for hydroxylation is 1. The van der Waals surface area contributed by atoms with Crippen molar-refractivity contribution in [2.75, 3.05) is 7.11 Å². The van der Waals surface area contributed by atoms with Crippen LogP contribution in [0.1, 0.15) is 17.0 Å². The monoisotopic (exact) mass is 230 g/mol. The van der Waals surface area contributed by atoms with E-state index < -0.39 is 0 Å². The van der Waals surface area contributed by atoms with Gasteiger partial charge in [-0.2, -0.15) is 5.10 Å². The Labute approximate surface area is 99.7 Å². The summed E-state index contributed by atoms with van der Waals surface area (Å²) in [6.07, 6.45) is 1.74. The van der Waals surface area contributed by atoms with Gasteiger partial charge in [0.1, 0.15) is 5.75 Å². The van der Waals surface area contributed by atoms with Crippen molar-refractivity contribution in [1.82, 2.24) is 15.1 Å². The zero-order valence-electron chi connectivity index (χ0n) is 10.1. The molecule has 1 heterocycles. The first-order chi connectivity index (χ1) is 8.20. The maximum atomic E-state index is 5.08. The van der Waals surface area contributed by atoms with Crippen LogP contribution in [-0.2, 0) is 0 Å². The van der Waals surface area contributed by atoms with Gasteiger partial charge in [0.15, 0.2) is 0 Å². The van der Waals surface area contributed by atoms with Crippen LogP contribution < -0.4 is 4.74 Å². The van der Waals surface area contributed by atoms with Gasteiger partial charge in [0.2, 0.25) is 0 Å². The van der Waals surface area contributed by atoms with Crippen LogP contribution in [0.4, 0.5) is 0 Å². The van der Waals surface area contributed by atoms with Crippen LogP contribution in [0.2, 0.25) is 0 Å². The highest BCUT2D eigenvalue weighted by Gasteiger charge is 2.00. The largest absolute Gasteiger partial charge is 0.497 e. The van der Waals surface area contributed by atoms with Crippen molar-refractivity contribution in [3.8, 4) is 5.75 Å². The second kappa shape index (κ2) is 4.78. The lowest BCUT2D eigenvalue weighted by molar-refractivity contribution is 0.415. The number of rotatable bonds is 3. The molecular weight excluding hydrogens is 216 g/mol. The fourth-order valence-electron chi connectivity index (χ4n) is 1.31. The van der Waals surface area contributed by atoms with Gasteiger partial charge in [0, 0.05) is 0 Å². The second-order valence-corrected chi connectivity index (χ2v) is 3.67. The fraction of sp³-hybridized carbons (Fsp3) is 0.250. The molecule has 0 radical (unpaired) electrons. The van der Waals surface area contributed by atoms with Gasteiger partial charge < -0.3 is 4.74 Å². The smallest absolute Gasteiger partial charge is 0.118 e. The summed E-state index contributed by atoms with van der Waals surface area (Å²) in [4.78, 5) is 1.51. The predicted molar refractivity (Wildman–Crippen MR) is 65.5 cm³/mol. The Hall–Kier alpha value is -2.17. The third kappa shape index (κ3) is 2.50. The molecule has 5 heteroatoms. The van der Waals surface area contributed by atoms with Gasteiger partial charge in [-0.3, -0.25) is 0 Å². The minimum Gasteiger partial charge on any atom is -0.497 e. The van der Waals surface area contributed by atoms with Gasteiger partial charge >= 0.3 is 0 Å². The molecule has 0 saturated carbocycles. The van der Waals surface area contributed by atoms with E-state index in [1.54, 1.807) is 13.3 Å². The molecule has 0 amide bonds. The van der Waals surface area contributed by atoms with Crippen molar-refractivity contribution in [2.45, 2.75) is 13.8 Å². The van der Waals surface area contributed by atoms with E-state index in [1.165, 1.54) is 4.79 Å². The van der Waals surface area contributed by atoms with Gasteiger partial charge in [0.05, 0.1) is 24.7 Å². The number of hydrogen-bond acceptors (Lipinski definition) is 4. The molecule has 0 unspecified atom stereocenters. The third-order valence-electron chi connectivity index (χ3n) is 2.54. The van der Waals surface area contributed by atoms with Gasteiger partial charge in [0.25, 0.3) is 0 Å². The summed E-state index contributed by atoms with van der Waals surface area (Å²) in [6.45, 7) is 3.84. The highest BCUT2D eigenvalue weighted by Crippen LogP contribution is 2.10. The molecule has 0 aliphatic carbocycles. The van der Waals surface area contributed by atoms with E-state index in [-0.39, 0.29) is 0 Å². The molecule has 0 atom stereocenters. The summed E-state index contributed by atoms with van der Waals surface area (Å²) in [5.41, 5.74) is 2.81. The Morgan fingerprint density at radius 2 is 1.94 bits per heavy atom. The molecule has 0 fully saturated rings. The minimum absolute atomic E-state index is 0.829. The topological polar surface area (TPSA) is 52.3 Å². The number of aromatic nitrogens is 3. The van der Waals surface area contributed by atoms with Crippen LogP contribution in [0.15, 0.2) is 29.4 Å². The zero-order chi connectivity index (χ0) is 12.3. The van der Waals surface area contributed by atoms with E-state index in [4.69, 9.17) is 4.74 Å². The van der Waals surface area contributed by atoms with E-state index in [2.05, 4.69) is 15.4 Å². The Morgan fingerprint density at radius 3 is 2.47 bits per heavy atom. The van der Waals surface area contributed by atoms with Gasteiger partial charge in [-0.1, -0.05) is 0 Å². The van der Waals surface area contributed by atoms with Crippen molar-refractivity contribution in [3.05, 3.63) is 41.2 Å². The summed E-state index contributed by atoms with van der Waals surface area (Å²) in [5, 5.41) is 12.1. The standard InChI is InChI=1S/C12H14N4O/c1-9-10(2)16(15-14-9)13-8-11-4-6-12(17-3)7-5-11/h4-8H,1-3H3/b13-8+. The van der Waals surface area contributed by atoms with Crippen LogP contribution in [0.5, 0.6) is 5.75 Å². The maximum Gasteiger partial charge on any atom is 0.118 e. The predicted octanol–water partition coefficient (Wildman–Crippen LogP) is 1.79. The van der Waals surface area contributed by atoms with E-state index in [0.29, 0.717) is 0 Å². The zero-order valence-corrected chi connectivity index (χ0v) is 10.1. The number of ether oxygens (including phenoxy) is 1. The number of methoxy groups -OCH3 is 1. The van der Waals surface area contributed by atoms with Crippen molar-refractivity contribution >= 4 is 6.21 Å². The van der Waals surface area contributed by atoms with Crippen molar-refractivity contribution < 1.29 is 4.74 Å². The first-order valence-electron chi connectivity index (χ1n) is 5.28. The first-order valence-corrected chi connectivity index (χ1v) is 5.28. The summed E-state index contributed by atoms with van der Waals surface area (Å²) < 4.78 is 5.08. The number of nitrogens with zero attached hydrogens (tertiary/aromatic N) is 4. The Bertz CT molecular complexity index is 528. The van der Waals surface area contributed by atoms with Crippen molar-refractivity contribution in [2.24, 2.45) is 5.10 Å². The Kier molecular flexibility index (Phi) is 3.18. The van der Waals surface area contributed by atoms with Crippen LogP contribution >= 0.6 is 0 Å². The van der Waals surface area contributed by atoms with Crippen molar-refractivity contribution in [1.29, 1.82) is 0 Å². The normalized spacial score (nSPS) is 11.0. The molecule has 2 rings (SSSR count). The number of hydrogen-bond donors (Lipinski definition) is 0.